The van der Waals surface area contributed by atoms with Crippen LogP contribution < -0.4 is 4.74 Å². The number of carboxylic acid groups (broad SMARTS) is 1. The molecule has 1 fully saturated rings. The molecule has 6 heteroatoms. The van der Waals surface area contributed by atoms with Crippen molar-refractivity contribution in [1.29, 1.82) is 0 Å². The summed E-state index contributed by atoms with van der Waals surface area (Å²) in [5.41, 5.74) is -0.0786. The largest absolute Gasteiger partial charge is 0.490 e. The van der Waals surface area contributed by atoms with Crippen molar-refractivity contribution < 1.29 is 19.0 Å². The quantitative estimate of drug-likeness (QED) is 0.810. The van der Waals surface area contributed by atoms with Crippen molar-refractivity contribution >= 4 is 17.0 Å². The van der Waals surface area contributed by atoms with E-state index < -0.39 is 11.6 Å². The fraction of sp³-hybridized carbons (Fsp3) is 0.524. The van der Waals surface area contributed by atoms with E-state index in [4.69, 9.17) is 4.74 Å². The summed E-state index contributed by atoms with van der Waals surface area (Å²) in [5.74, 6) is 0.647. The van der Waals surface area contributed by atoms with Crippen molar-refractivity contribution in [2.45, 2.75) is 58.1 Å². The Bertz CT molecular complexity index is 811. The predicted molar refractivity (Wildman–Crippen MR) is 103 cm³/mol. The zero-order chi connectivity index (χ0) is 19.6. The molecule has 1 saturated carbocycles. The van der Waals surface area contributed by atoms with E-state index in [1.807, 2.05) is 26.8 Å². The Morgan fingerprint density at radius 2 is 1.96 bits per heavy atom. The Labute approximate surface area is 159 Å². The predicted octanol–water partition coefficient (Wildman–Crippen LogP) is 5.09. The maximum atomic E-state index is 13.9. The summed E-state index contributed by atoms with van der Waals surface area (Å²) in [4.78, 5) is 17.2. The molecular weight excluding hydrogens is 347 g/mol. The van der Waals surface area contributed by atoms with Crippen LogP contribution in [0.5, 0.6) is 5.75 Å². The van der Waals surface area contributed by atoms with E-state index in [0.717, 1.165) is 25.7 Å². The number of fused-ring (bicyclic) bond motifs is 1. The van der Waals surface area contributed by atoms with Crippen LogP contribution in [0.15, 0.2) is 30.5 Å². The van der Waals surface area contributed by atoms with Crippen LogP contribution in [0.2, 0.25) is 0 Å². The summed E-state index contributed by atoms with van der Waals surface area (Å²) in [6.45, 7) is 6.31. The number of rotatable bonds is 4. The molecule has 0 atom stereocenters. The van der Waals surface area contributed by atoms with E-state index in [-0.39, 0.29) is 11.9 Å². The number of aromatic nitrogens is 1. The van der Waals surface area contributed by atoms with E-state index in [2.05, 4.69) is 4.98 Å². The minimum absolute atomic E-state index is 0.0584. The van der Waals surface area contributed by atoms with E-state index in [0.29, 0.717) is 29.1 Å². The van der Waals surface area contributed by atoms with Crippen LogP contribution in [0.4, 0.5) is 9.18 Å². The van der Waals surface area contributed by atoms with Crippen molar-refractivity contribution in [2.24, 2.45) is 5.92 Å². The first-order valence-corrected chi connectivity index (χ1v) is 9.46. The molecular formula is C21H27FN2O3. The molecule has 1 aliphatic rings. The summed E-state index contributed by atoms with van der Waals surface area (Å²) in [6, 6.07) is 6.66. The third kappa shape index (κ3) is 4.49. The van der Waals surface area contributed by atoms with Gasteiger partial charge in [0.05, 0.1) is 6.10 Å². The second-order valence-electron chi connectivity index (χ2n) is 8.27. The molecule has 1 N–H and O–H groups in total. The fourth-order valence-corrected chi connectivity index (χ4v) is 3.73. The topological polar surface area (TPSA) is 62.7 Å². The summed E-state index contributed by atoms with van der Waals surface area (Å²) < 4.78 is 20.1. The van der Waals surface area contributed by atoms with Crippen LogP contribution in [0.3, 0.4) is 0 Å². The highest BCUT2D eigenvalue weighted by atomic mass is 19.1. The van der Waals surface area contributed by atoms with E-state index in [9.17, 15) is 14.3 Å². The summed E-state index contributed by atoms with van der Waals surface area (Å²) >= 11 is 0. The van der Waals surface area contributed by atoms with Crippen LogP contribution >= 0.6 is 0 Å². The first-order chi connectivity index (χ1) is 12.8. The van der Waals surface area contributed by atoms with E-state index in [1.165, 1.54) is 11.0 Å². The molecule has 1 aromatic carbocycles. The van der Waals surface area contributed by atoms with Crippen LogP contribution in [0, 0.1) is 11.7 Å². The number of para-hydroxylation sites is 1. The van der Waals surface area contributed by atoms with Gasteiger partial charge in [-0.25, -0.2) is 9.18 Å². The lowest BCUT2D eigenvalue weighted by Crippen LogP contribution is -2.48. The number of hydrogen-bond donors (Lipinski definition) is 1. The van der Waals surface area contributed by atoms with Gasteiger partial charge in [-0.05, 0) is 70.6 Å². The van der Waals surface area contributed by atoms with E-state index >= 15 is 0 Å². The molecule has 5 nitrogen and oxygen atoms in total. The van der Waals surface area contributed by atoms with Crippen molar-refractivity contribution in [3.05, 3.63) is 36.3 Å². The average Bonchev–Trinajstić information content (AvgIpc) is 2.60. The summed E-state index contributed by atoms with van der Waals surface area (Å²) in [7, 11) is 0. The highest BCUT2D eigenvalue weighted by molar-refractivity contribution is 5.85. The zero-order valence-corrected chi connectivity index (χ0v) is 16.1. The third-order valence-corrected chi connectivity index (χ3v) is 5.25. The smallest absolute Gasteiger partial charge is 0.407 e. The fourth-order valence-electron chi connectivity index (χ4n) is 3.73. The van der Waals surface area contributed by atoms with E-state index in [1.54, 1.807) is 18.3 Å². The number of nitrogens with zero attached hydrogens (tertiary/aromatic N) is 2. The van der Waals surface area contributed by atoms with Gasteiger partial charge in [-0.2, -0.15) is 0 Å². The van der Waals surface area contributed by atoms with Gasteiger partial charge in [0.1, 0.15) is 17.1 Å². The molecule has 27 heavy (non-hydrogen) atoms. The lowest BCUT2D eigenvalue weighted by Gasteiger charge is -2.38. The molecule has 1 amide bonds. The monoisotopic (exact) mass is 374 g/mol. The number of amides is 1. The van der Waals surface area contributed by atoms with Gasteiger partial charge in [-0.1, -0.05) is 6.07 Å². The number of carbonyl (C=O) groups is 1. The Kier molecular flexibility index (Phi) is 5.53. The molecule has 1 aliphatic carbocycles. The molecule has 0 unspecified atom stereocenters. The lowest BCUT2D eigenvalue weighted by molar-refractivity contribution is 0.0695. The Morgan fingerprint density at radius 3 is 2.59 bits per heavy atom. The summed E-state index contributed by atoms with van der Waals surface area (Å²) in [6.07, 6.45) is 4.32. The zero-order valence-electron chi connectivity index (χ0n) is 16.1. The first kappa shape index (κ1) is 19.4. The molecule has 1 aromatic heterocycles. The van der Waals surface area contributed by atoms with Gasteiger partial charge in [-0.3, -0.25) is 4.98 Å². The SMILES string of the molecule is CC(C)(C)N(C[C@H]1CC[C@H](Oc2ccnc3c(F)cccc23)CC1)C(=O)O. The molecule has 3 rings (SSSR count). The van der Waals surface area contributed by atoms with Crippen LogP contribution in [0.25, 0.3) is 10.9 Å². The Morgan fingerprint density at radius 1 is 1.26 bits per heavy atom. The molecule has 0 saturated heterocycles. The molecule has 2 aromatic rings. The Balaban J connectivity index is 1.62. The average molecular weight is 374 g/mol. The van der Waals surface area contributed by atoms with Gasteiger partial charge in [0, 0.05) is 23.7 Å². The van der Waals surface area contributed by atoms with Gasteiger partial charge in [0.25, 0.3) is 0 Å². The number of ether oxygens (including phenoxy) is 1. The minimum atomic E-state index is -0.869. The molecule has 0 spiro atoms. The Hall–Kier alpha value is -2.37. The van der Waals surface area contributed by atoms with Crippen molar-refractivity contribution in [3.63, 3.8) is 0 Å². The third-order valence-electron chi connectivity index (χ3n) is 5.25. The first-order valence-electron chi connectivity index (χ1n) is 9.46. The second-order valence-corrected chi connectivity index (χ2v) is 8.27. The molecule has 0 aliphatic heterocycles. The van der Waals surface area contributed by atoms with Crippen LogP contribution in [-0.2, 0) is 0 Å². The van der Waals surface area contributed by atoms with Crippen molar-refractivity contribution in [1.82, 2.24) is 9.88 Å². The summed E-state index contributed by atoms with van der Waals surface area (Å²) in [5, 5.41) is 10.2. The number of halogens is 1. The highest BCUT2D eigenvalue weighted by Gasteiger charge is 2.31. The highest BCUT2D eigenvalue weighted by Crippen LogP contribution is 2.32. The minimum Gasteiger partial charge on any atom is -0.490 e. The number of pyridine rings is 1. The molecule has 1 heterocycles. The maximum absolute atomic E-state index is 13.9. The lowest BCUT2D eigenvalue weighted by atomic mass is 9.86. The van der Waals surface area contributed by atoms with Crippen LogP contribution in [-0.4, -0.2) is 39.3 Å². The molecule has 0 bridgehead atoms. The van der Waals surface area contributed by atoms with Crippen LogP contribution in [0.1, 0.15) is 46.5 Å². The number of hydrogen-bond acceptors (Lipinski definition) is 3. The van der Waals surface area contributed by atoms with Gasteiger partial charge in [0.15, 0.2) is 0 Å². The number of benzene rings is 1. The second kappa shape index (κ2) is 7.71. The maximum Gasteiger partial charge on any atom is 0.407 e. The van der Waals surface area contributed by atoms with Crippen molar-refractivity contribution in [3.8, 4) is 5.75 Å². The molecule has 146 valence electrons. The van der Waals surface area contributed by atoms with Gasteiger partial charge < -0.3 is 14.7 Å². The van der Waals surface area contributed by atoms with Gasteiger partial charge in [0.2, 0.25) is 0 Å². The molecule has 0 radical (unpaired) electrons. The van der Waals surface area contributed by atoms with Crippen molar-refractivity contribution in [2.75, 3.05) is 6.54 Å². The normalized spacial score (nSPS) is 20.4. The van der Waals surface area contributed by atoms with Gasteiger partial charge >= 0.3 is 6.09 Å². The standard InChI is InChI=1S/C21H27FN2O3/c1-21(2,3)24(20(25)26)13-14-7-9-15(10-8-14)27-18-11-12-23-19-16(18)5-4-6-17(19)22/h4-6,11-12,14-15H,7-10,13H2,1-3H3,(H,25,26)/t14-,15-. The van der Waals surface area contributed by atoms with Gasteiger partial charge in [-0.15, -0.1) is 0 Å².